The Bertz CT molecular complexity index is 973. The molecule has 0 spiro atoms. The van der Waals surface area contributed by atoms with E-state index >= 15 is 0 Å². The highest BCUT2D eigenvalue weighted by Gasteiger charge is 2.23. The molecule has 2 aromatic carbocycles. The number of benzene rings is 2. The third-order valence-electron chi connectivity index (χ3n) is 4.16. The summed E-state index contributed by atoms with van der Waals surface area (Å²) in [7, 11) is 3.12. The highest BCUT2D eigenvalue weighted by molar-refractivity contribution is 7.21. The van der Waals surface area contributed by atoms with Crippen LogP contribution in [0.3, 0.4) is 0 Å². The second kappa shape index (κ2) is 8.62. The average Bonchev–Trinajstić information content (AvgIpc) is 3.02. The highest BCUT2D eigenvalue weighted by atomic mass is 32.1. The fourth-order valence-corrected chi connectivity index (χ4v) is 4.13. The summed E-state index contributed by atoms with van der Waals surface area (Å²) in [6, 6.07) is 10.8. The van der Waals surface area contributed by atoms with Gasteiger partial charge in [0.25, 0.3) is 5.91 Å². The summed E-state index contributed by atoms with van der Waals surface area (Å²) in [4.78, 5) is 14.9. The van der Waals surface area contributed by atoms with Crippen LogP contribution in [0, 0.1) is 5.82 Å². The molecule has 1 amide bonds. The lowest BCUT2D eigenvalue weighted by molar-refractivity contribution is -0.0498. The number of alkyl halides is 2. The van der Waals surface area contributed by atoms with Gasteiger partial charge in [-0.2, -0.15) is 8.78 Å². The van der Waals surface area contributed by atoms with Crippen LogP contribution in [0.4, 0.5) is 13.2 Å². The van der Waals surface area contributed by atoms with Crippen LogP contribution in [0.25, 0.3) is 10.1 Å². The van der Waals surface area contributed by atoms with Crippen LogP contribution in [0.2, 0.25) is 0 Å². The van der Waals surface area contributed by atoms with Gasteiger partial charge < -0.3 is 14.4 Å². The number of methoxy groups -OCH3 is 1. The molecule has 0 atom stereocenters. The molecule has 0 N–H and O–H groups in total. The number of amides is 1. The van der Waals surface area contributed by atoms with Crippen LogP contribution >= 0.6 is 11.3 Å². The van der Waals surface area contributed by atoms with Crippen molar-refractivity contribution < 1.29 is 27.4 Å². The lowest BCUT2D eigenvalue weighted by atomic mass is 10.1. The molecule has 0 saturated heterocycles. The molecule has 0 aliphatic rings. The topological polar surface area (TPSA) is 38.8 Å². The zero-order valence-corrected chi connectivity index (χ0v) is 16.1. The second-order valence-electron chi connectivity index (χ2n) is 6.14. The van der Waals surface area contributed by atoms with E-state index in [1.807, 2.05) is 0 Å². The normalized spacial score (nSPS) is 11.2. The molecule has 0 fully saturated rings. The van der Waals surface area contributed by atoms with E-state index in [-0.39, 0.29) is 24.8 Å². The van der Waals surface area contributed by atoms with Crippen LogP contribution < -0.4 is 4.74 Å². The van der Waals surface area contributed by atoms with Gasteiger partial charge in [-0.05, 0) is 29.8 Å². The lowest BCUT2D eigenvalue weighted by Gasteiger charge is -2.17. The van der Waals surface area contributed by atoms with Gasteiger partial charge in [-0.15, -0.1) is 11.3 Å². The first-order valence-electron chi connectivity index (χ1n) is 8.38. The Kier molecular flexibility index (Phi) is 6.21. The number of fused-ring (bicyclic) bond motifs is 1. The molecule has 0 saturated carbocycles. The molecule has 28 heavy (non-hydrogen) atoms. The van der Waals surface area contributed by atoms with Crippen molar-refractivity contribution in [2.75, 3.05) is 14.2 Å². The van der Waals surface area contributed by atoms with Crippen molar-refractivity contribution in [2.45, 2.75) is 19.8 Å². The number of ether oxygens (including phenoxy) is 2. The standard InChI is InChI=1S/C20H18F3NO3S/c1-24(10-12-6-8-13(9-7-12)27-20(22)23)19(25)18-14(11-26-2)17-15(21)4-3-5-16(17)28-18/h3-9,20H,10-11H2,1-2H3. The maximum Gasteiger partial charge on any atom is 0.387 e. The number of halogens is 3. The van der Waals surface area contributed by atoms with Crippen LogP contribution in [0.1, 0.15) is 20.8 Å². The van der Waals surface area contributed by atoms with E-state index in [1.54, 1.807) is 31.3 Å². The molecule has 1 aromatic heterocycles. The van der Waals surface area contributed by atoms with Gasteiger partial charge in [0, 0.05) is 36.4 Å². The molecule has 0 aliphatic carbocycles. The molecule has 0 bridgehead atoms. The number of hydrogen-bond acceptors (Lipinski definition) is 4. The van der Waals surface area contributed by atoms with E-state index in [0.29, 0.717) is 20.5 Å². The van der Waals surface area contributed by atoms with Crippen molar-refractivity contribution in [3.63, 3.8) is 0 Å². The average molecular weight is 409 g/mol. The Balaban J connectivity index is 1.83. The highest BCUT2D eigenvalue weighted by Crippen LogP contribution is 2.34. The molecule has 0 radical (unpaired) electrons. The number of carbonyl (C=O) groups excluding carboxylic acids is 1. The van der Waals surface area contributed by atoms with Gasteiger partial charge in [0.15, 0.2) is 0 Å². The van der Waals surface area contributed by atoms with Gasteiger partial charge >= 0.3 is 6.61 Å². The van der Waals surface area contributed by atoms with Crippen molar-refractivity contribution in [1.82, 2.24) is 4.90 Å². The predicted molar refractivity (Wildman–Crippen MR) is 101 cm³/mol. The first kappa shape index (κ1) is 20.2. The Morgan fingerprint density at radius 2 is 1.89 bits per heavy atom. The number of hydrogen-bond donors (Lipinski definition) is 0. The van der Waals surface area contributed by atoms with Crippen molar-refractivity contribution in [1.29, 1.82) is 0 Å². The van der Waals surface area contributed by atoms with E-state index in [1.165, 1.54) is 41.5 Å². The predicted octanol–water partition coefficient (Wildman–Crippen LogP) is 5.06. The van der Waals surface area contributed by atoms with Crippen LogP contribution in [-0.4, -0.2) is 31.6 Å². The Labute approximate surface area is 164 Å². The fourth-order valence-electron chi connectivity index (χ4n) is 2.92. The molecule has 0 aliphatic heterocycles. The van der Waals surface area contributed by atoms with Crippen LogP contribution in [0.15, 0.2) is 42.5 Å². The van der Waals surface area contributed by atoms with Gasteiger partial charge in [-0.3, -0.25) is 4.79 Å². The van der Waals surface area contributed by atoms with Crippen molar-refractivity contribution in [3.05, 3.63) is 64.3 Å². The Morgan fingerprint density at radius 3 is 2.54 bits per heavy atom. The third kappa shape index (κ3) is 4.28. The summed E-state index contributed by atoms with van der Waals surface area (Å²) in [5.41, 5.74) is 1.27. The largest absolute Gasteiger partial charge is 0.435 e. The Hall–Kier alpha value is -2.58. The van der Waals surface area contributed by atoms with Gasteiger partial charge in [-0.25, -0.2) is 4.39 Å². The molecule has 0 unspecified atom stereocenters. The van der Waals surface area contributed by atoms with Gasteiger partial charge in [0.1, 0.15) is 11.6 Å². The SMILES string of the molecule is COCc1c(C(=O)N(C)Cc2ccc(OC(F)F)cc2)sc2cccc(F)c12. The summed E-state index contributed by atoms with van der Waals surface area (Å²) in [5.74, 6) is -0.604. The molecule has 4 nitrogen and oxygen atoms in total. The minimum Gasteiger partial charge on any atom is -0.435 e. The zero-order chi connectivity index (χ0) is 20.3. The number of carbonyl (C=O) groups is 1. The third-order valence-corrected chi connectivity index (χ3v) is 5.35. The van der Waals surface area contributed by atoms with E-state index in [2.05, 4.69) is 4.74 Å². The summed E-state index contributed by atoms with van der Waals surface area (Å²) in [5, 5.41) is 0.402. The summed E-state index contributed by atoms with van der Waals surface area (Å²) >= 11 is 1.22. The second-order valence-corrected chi connectivity index (χ2v) is 7.19. The smallest absolute Gasteiger partial charge is 0.387 e. The van der Waals surface area contributed by atoms with Crippen molar-refractivity contribution >= 4 is 27.3 Å². The Morgan fingerprint density at radius 1 is 1.18 bits per heavy atom. The number of nitrogens with zero attached hydrogens (tertiary/aromatic N) is 1. The first-order valence-corrected chi connectivity index (χ1v) is 9.20. The van der Waals surface area contributed by atoms with E-state index in [0.717, 1.165) is 5.56 Å². The lowest BCUT2D eigenvalue weighted by Crippen LogP contribution is -2.26. The monoisotopic (exact) mass is 409 g/mol. The minimum absolute atomic E-state index is 0.0510. The fraction of sp³-hybridized carbons (Fsp3) is 0.250. The molecule has 3 rings (SSSR count). The summed E-state index contributed by atoms with van der Waals surface area (Å²) in [6.07, 6.45) is 0. The van der Waals surface area contributed by atoms with Crippen LogP contribution in [0.5, 0.6) is 5.75 Å². The van der Waals surface area contributed by atoms with Gasteiger partial charge in [-0.1, -0.05) is 18.2 Å². The summed E-state index contributed by atoms with van der Waals surface area (Å²) < 4.78 is 48.9. The number of rotatable bonds is 7. The van der Waals surface area contributed by atoms with Crippen molar-refractivity contribution in [3.8, 4) is 5.75 Å². The van der Waals surface area contributed by atoms with Crippen LogP contribution in [-0.2, 0) is 17.9 Å². The maximum atomic E-state index is 14.3. The molecule has 148 valence electrons. The molecular formula is C20H18F3NO3S. The molecular weight excluding hydrogens is 391 g/mol. The van der Waals surface area contributed by atoms with E-state index < -0.39 is 12.4 Å². The molecule has 8 heteroatoms. The molecule has 3 aromatic rings. The van der Waals surface area contributed by atoms with E-state index in [4.69, 9.17) is 4.74 Å². The molecule has 1 heterocycles. The van der Waals surface area contributed by atoms with Gasteiger partial charge in [0.2, 0.25) is 0 Å². The van der Waals surface area contributed by atoms with Gasteiger partial charge in [0.05, 0.1) is 11.5 Å². The minimum atomic E-state index is -2.89. The quantitative estimate of drug-likeness (QED) is 0.548. The number of thiophene rings is 1. The van der Waals surface area contributed by atoms with E-state index in [9.17, 15) is 18.0 Å². The summed E-state index contributed by atoms with van der Waals surface area (Å²) in [6.45, 7) is -2.51. The first-order chi connectivity index (χ1) is 13.4. The zero-order valence-electron chi connectivity index (χ0n) is 15.2. The van der Waals surface area contributed by atoms with Crippen molar-refractivity contribution in [2.24, 2.45) is 0 Å². The maximum absolute atomic E-state index is 14.3.